The average molecular weight is 273 g/mol. The largest absolute Gasteiger partial charge is 0.466 e. The summed E-state index contributed by atoms with van der Waals surface area (Å²) in [7, 11) is -9.31. The van der Waals surface area contributed by atoms with E-state index in [2.05, 4.69) is 11.5 Å². The fourth-order valence-electron chi connectivity index (χ4n) is 0. The fourth-order valence-corrected chi connectivity index (χ4v) is 0. The number of phosphoric acid groups is 1. The van der Waals surface area contributed by atoms with Gasteiger partial charge in [-0.2, -0.15) is 8.42 Å². The van der Waals surface area contributed by atoms with Gasteiger partial charge in [-0.25, -0.2) is 9.36 Å². The molecule has 96 valence electrons. The molecule has 0 atom stereocenters. The monoisotopic (exact) mass is 273 g/mol. The summed E-state index contributed by atoms with van der Waals surface area (Å²) in [6, 6.07) is -0.833. The van der Waals surface area contributed by atoms with Crippen LogP contribution in [-0.2, 0) is 15.0 Å². The molecule has 0 unspecified atom stereocenters. The van der Waals surface area contributed by atoms with Gasteiger partial charge in [0.05, 0.1) is 0 Å². The zero-order valence-corrected chi connectivity index (χ0v) is 8.80. The van der Waals surface area contributed by atoms with Crippen molar-refractivity contribution in [2.24, 2.45) is 11.5 Å². The number of primary amides is 2. The minimum Gasteiger partial charge on any atom is -0.352 e. The van der Waals surface area contributed by atoms with Crippen LogP contribution in [0, 0.1) is 0 Å². The second-order valence-corrected chi connectivity index (χ2v) is 3.29. The highest BCUT2D eigenvalue weighted by atomic mass is 32.3. The van der Waals surface area contributed by atoms with Crippen molar-refractivity contribution >= 4 is 24.3 Å². The molecule has 15 heavy (non-hydrogen) atoms. The van der Waals surface area contributed by atoms with Gasteiger partial charge in [-0.15, -0.1) is 0 Å². The number of hydrogen-bond donors (Lipinski definition) is 8. The van der Waals surface area contributed by atoms with Gasteiger partial charge in [0.25, 0.3) is 0 Å². The molecule has 0 bridgehead atoms. The molecule has 0 saturated carbocycles. The molecular formula is CH12N3O9PS. The minimum atomic E-state index is -4.67. The van der Waals surface area contributed by atoms with Gasteiger partial charge in [-0.05, 0) is 0 Å². The first kappa shape index (κ1) is 23.8. The summed E-state index contributed by atoms with van der Waals surface area (Å²) in [5, 5.41) is 0. The molecule has 12 nitrogen and oxygen atoms in total. The number of carbonyl (C=O) groups excluding carboxylic acids is 1. The summed E-state index contributed by atoms with van der Waals surface area (Å²) in [5.74, 6) is 0. The van der Waals surface area contributed by atoms with Gasteiger partial charge in [0.2, 0.25) is 0 Å². The molecule has 0 spiro atoms. The first-order valence-corrected chi connectivity index (χ1v) is 5.22. The van der Waals surface area contributed by atoms with Gasteiger partial charge < -0.3 is 32.3 Å². The molecule has 0 radical (unpaired) electrons. The molecule has 0 aliphatic heterocycles. The van der Waals surface area contributed by atoms with E-state index < -0.39 is 24.3 Å². The molecular weight excluding hydrogens is 261 g/mol. The number of urea groups is 1. The maximum Gasteiger partial charge on any atom is 0.466 e. The quantitative estimate of drug-likeness (QED) is 0.171. The number of nitrogens with two attached hydrogens (primary N) is 2. The fraction of sp³-hybridized carbons (Fsp3) is 0. The minimum absolute atomic E-state index is 0. The van der Waals surface area contributed by atoms with Crippen molar-refractivity contribution in [3.05, 3.63) is 0 Å². The first-order valence-electron chi connectivity index (χ1n) is 2.26. The summed E-state index contributed by atoms with van der Waals surface area (Å²) in [4.78, 5) is 30.6. The van der Waals surface area contributed by atoms with E-state index >= 15 is 0 Å². The number of hydrogen-bond acceptors (Lipinski definition) is 5. The smallest absolute Gasteiger partial charge is 0.352 e. The lowest BCUT2D eigenvalue weighted by Crippen LogP contribution is -2.18. The Labute approximate surface area is 84.3 Å². The molecule has 2 amide bonds. The van der Waals surface area contributed by atoms with Crippen LogP contribution in [0.15, 0.2) is 0 Å². The molecule has 12 N–H and O–H groups in total. The molecule has 0 rings (SSSR count). The summed E-state index contributed by atoms with van der Waals surface area (Å²) in [6.45, 7) is 0. The summed E-state index contributed by atoms with van der Waals surface area (Å²) in [6.07, 6.45) is 0. The zero-order valence-electron chi connectivity index (χ0n) is 7.09. The molecule has 0 fully saturated rings. The summed E-state index contributed by atoms with van der Waals surface area (Å²) in [5.41, 5.74) is 8.50. The Morgan fingerprint density at radius 3 is 1.07 bits per heavy atom. The van der Waals surface area contributed by atoms with E-state index in [1.807, 2.05) is 0 Å². The highest BCUT2D eigenvalue weighted by Gasteiger charge is 2.00. The van der Waals surface area contributed by atoms with Crippen LogP contribution >= 0.6 is 7.82 Å². The highest BCUT2D eigenvalue weighted by Crippen LogP contribution is 2.25. The maximum atomic E-state index is 9.00. The molecule has 0 aromatic carbocycles. The maximum absolute atomic E-state index is 9.00. The third kappa shape index (κ3) is 2660. The van der Waals surface area contributed by atoms with E-state index in [-0.39, 0.29) is 6.15 Å². The van der Waals surface area contributed by atoms with Gasteiger partial charge in [0.1, 0.15) is 0 Å². The second-order valence-electron chi connectivity index (χ2n) is 1.36. The molecule has 0 aromatic rings. The standard InChI is InChI=1S/CH4N2O.H3N.H3O4P.H2O4S/c2-1(3)4;;2*1-5(2,3)4/h(H4,2,3,4);1H3;(H3,1,2,3,4);(H2,1,2,3,4). The number of rotatable bonds is 0. The van der Waals surface area contributed by atoms with E-state index in [9.17, 15) is 0 Å². The van der Waals surface area contributed by atoms with E-state index in [0.29, 0.717) is 0 Å². The van der Waals surface area contributed by atoms with Crippen LogP contribution in [0.3, 0.4) is 0 Å². The Morgan fingerprint density at radius 2 is 1.07 bits per heavy atom. The summed E-state index contributed by atoms with van der Waals surface area (Å²) < 4.78 is 40.5. The van der Waals surface area contributed by atoms with Crippen LogP contribution < -0.4 is 17.6 Å². The van der Waals surface area contributed by atoms with Crippen molar-refractivity contribution in [1.29, 1.82) is 0 Å². The molecule has 14 heteroatoms. The average Bonchev–Trinajstić information content (AvgIpc) is 1.45. The van der Waals surface area contributed by atoms with Crippen molar-refractivity contribution in [2.75, 3.05) is 0 Å². The van der Waals surface area contributed by atoms with E-state index in [1.165, 1.54) is 0 Å². The molecule has 0 aliphatic rings. The van der Waals surface area contributed by atoms with Gasteiger partial charge in [0.15, 0.2) is 0 Å². The second kappa shape index (κ2) is 9.75. The van der Waals surface area contributed by atoms with Gasteiger partial charge in [-0.3, -0.25) is 9.11 Å². The van der Waals surface area contributed by atoms with Gasteiger partial charge in [-0.1, -0.05) is 0 Å². The van der Waals surface area contributed by atoms with Crippen LogP contribution in [-0.4, -0.2) is 38.2 Å². The van der Waals surface area contributed by atoms with Crippen LogP contribution in [0.4, 0.5) is 4.79 Å². The normalized spacial score (nSPS) is 9.40. The third-order valence-electron chi connectivity index (χ3n) is 0. The Hall–Kier alpha value is -0.790. The van der Waals surface area contributed by atoms with Crippen LogP contribution in [0.1, 0.15) is 0 Å². The third-order valence-corrected chi connectivity index (χ3v) is 0. The van der Waals surface area contributed by atoms with Crippen LogP contribution in [0.25, 0.3) is 0 Å². The van der Waals surface area contributed by atoms with Crippen molar-refractivity contribution in [1.82, 2.24) is 6.15 Å². The van der Waals surface area contributed by atoms with Crippen LogP contribution in [0.2, 0.25) is 0 Å². The van der Waals surface area contributed by atoms with Crippen molar-refractivity contribution < 1.29 is 41.6 Å². The van der Waals surface area contributed by atoms with Crippen molar-refractivity contribution in [2.45, 2.75) is 0 Å². The molecule has 0 heterocycles. The predicted molar refractivity (Wildman–Crippen MR) is 47.2 cm³/mol. The topological polar surface area (TPSA) is 256 Å². The zero-order chi connectivity index (χ0) is 12.6. The lowest BCUT2D eigenvalue weighted by Gasteiger charge is -1.82. The SMILES string of the molecule is N.NC(N)=O.O=P(O)(O)O.O=S(=O)(O)O. The molecule has 0 aliphatic carbocycles. The first-order chi connectivity index (χ1) is 5.73. The summed E-state index contributed by atoms with van der Waals surface area (Å²) >= 11 is 0. The van der Waals surface area contributed by atoms with E-state index in [4.69, 9.17) is 41.6 Å². The predicted octanol–water partition coefficient (Wildman–Crippen LogP) is -2.40. The molecule has 0 saturated heterocycles. The van der Waals surface area contributed by atoms with Crippen LogP contribution in [0.5, 0.6) is 0 Å². The van der Waals surface area contributed by atoms with Gasteiger partial charge >= 0.3 is 24.3 Å². The Kier molecular flexibility index (Phi) is 15.5. The van der Waals surface area contributed by atoms with Crippen molar-refractivity contribution in [3.8, 4) is 0 Å². The lowest BCUT2D eigenvalue weighted by atomic mass is 11.2. The van der Waals surface area contributed by atoms with E-state index in [1.54, 1.807) is 0 Å². The Morgan fingerprint density at radius 1 is 1.07 bits per heavy atom. The Bertz CT molecular complexity index is 270. The highest BCUT2D eigenvalue weighted by molar-refractivity contribution is 7.79. The Balaban J connectivity index is -0.0000000590. The van der Waals surface area contributed by atoms with Gasteiger partial charge in [0, 0.05) is 0 Å². The number of amides is 2. The van der Waals surface area contributed by atoms with E-state index in [0.717, 1.165) is 0 Å². The molecule has 0 aromatic heterocycles. The number of carbonyl (C=O) groups is 1. The lowest BCUT2D eigenvalue weighted by molar-refractivity contribution is 0.256. The van der Waals surface area contributed by atoms with Crippen molar-refractivity contribution in [3.63, 3.8) is 0 Å².